The second-order valence-corrected chi connectivity index (χ2v) is 20.1. The van der Waals surface area contributed by atoms with Gasteiger partial charge in [-0.15, -0.1) is 0 Å². The van der Waals surface area contributed by atoms with Gasteiger partial charge in [0, 0.05) is 57.7 Å². The molecule has 0 aromatic heterocycles. The van der Waals surface area contributed by atoms with Gasteiger partial charge in [-0.05, 0) is 112 Å². The quantitative estimate of drug-likeness (QED) is 0.0228. The number of carboxylic acid groups (broad SMARTS) is 1. The maximum absolute atomic E-state index is 12.4. The number of nitrogens with zero attached hydrogens (tertiary/aromatic N) is 2. The highest BCUT2D eigenvalue weighted by Crippen LogP contribution is 2.50. The summed E-state index contributed by atoms with van der Waals surface area (Å²) in [6.45, 7) is 18.3. The van der Waals surface area contributed by atoms with Crippen molar-refractivity contribution < 1.29 is 61.0 Å². The fourth-order valence-electron chi connectivity index (χ4n) is 8.75. The van der Waals surface area contributed by atoms with Crippen molar-refractivity contribution in [3.63, 3.8) is 0 Å². The SMILES string of the molecule is CCCC[N+]1=C(/C=C/C2=C(Cl)C(=C/C=C3/N(COCCOCCOCCOCCCCC(=O)O)c4c(C)cc(S(=O)(=O)O)cc4C3(C)C)/CCC2)C(C)(C)c2cc(SOO[O-])cc(C)c21. The van der Waals surface area contributed by atoms with E-state index in [9.17, 15) is 23.0 Å². The summed E-state index contributed by atoms with van der Waals surface area (Å²) in [6.07, 6.45) is 14.4. The van der Waals surface area contributed by atoms with E-state index < -0.39 is 21.5 Å². The van der Waals surface area contributed by atoms with Crippen LogP contribution in [0.3, 0.4) is 0 Å². The first kappa shape index (κ1) is 52.6. The Kier molecular flexibility index (Phi) is 19.5. The molecule has 14 nitrogen and oxygen atoms in total. The van der Waals surface area contributed by atoms with Gasteiger partial charge in [-0.2, -0.15) is 17.3 Å². The first-order valence-corrected chi connectivity index (χ1v) is 24.8. The highest BCUT2D eigenvalue weighted by atomic mass is 35.5. The molecule has 2 heterocycles. The number of unbranched alkanes of at least 4 members (excludes halogenated alkanes) is 2. The van der Waals surface area contributed by atoms with Crippen molar-refractivity contribution in [2.45, 2.75) is 120 Å². The molecule has 0 atom stereocenters. The number of rotatable bonds is 26. The van der Waals surface area contributed by atoms with Crippen molar-refractivity contribution in [1.29, 1.82) is 0 Å². The summed E-state index contributed by atoms with van der Waals surface area (Å²) < 4.78 is 64.8. The van der Waals surface area contributed by atoms with Crippen LogP contribution in [0.2, 0.25) is 0 Å². The molecule has 0 spiro atoms. The van der Waals surface area contributed by atoms with Crippen LogP contribution in [-0.2, 0) is 54.1 Å². The van der Waals surface area contributed by atoms with Crippen molar-refractivity contribution >= 4 is 56.8 Å². The molecule has 17 heteroatoms. The highest BCUT2D eigenvalue weighted by molar-refractivity contribution is 7.94. The average molecular weight is 962 g/mol. The number of anilines is 1. The van der Waals surface area contributed by atoms with Crippen LogP contribution in [0.5, 0.6) is 0 Å². The van der Waals surface area contributed by atoms with Crippen LogP contribution in [0, 0.1) is 13.8 Å². The van der Waals surface area contributed by atoms with Gasteiger partial charge in [0.15, 0.2) is 5.71 Å². The lowest BCUT2D eigenvalue weighted by atomic mass is 9.80. The lowest BCUT2D eigenvalue weighted by Crippen LogP contribution is -2.29. The van der Waals surface area contributed by atoms with Crippen LogP contribution in [0.15, 0.2) is 80.2 Å². The number of fused-ring (bicyclic) bond motifs is 2. The van der Waals surface area contributed by atoms with Gasteiger partial charge in [-0.25, -0.2) is 0 Å². The third kappa shape index (κ3) is 13.4. The number of hydrogen-bond acceptors (Lipinski definition) is 12. The second kappa shape index (κ2) is 24.1. The predicted molar refractivity (Wildman–Crippen MR) is 250 cm³/mol. The Hall–Kier alpha value is -3.39. The van der Waals surface area contributed by atoms with Crippen molar-refractivity contribution in [2.24, 2.45) is 0 Å². The van der Waals surface area contributed by atoms with E-state index in [1.165, 1.54) is 11.8 Å². The summed E-state index contributed by atoms with van der Waals surface area (Å²) in [5, 5.41) is 23.6. The molecule has 0 unspecified atom stereocenters. The Labute approximate surface area is 393 Å². The van der Waals surface area contributed by atoms with E-state index in [4.69, 9.17) is 35.7 Å². The molecule has 358 valence electrons. The first-order valence-electron chi connectivity index (χ1n) is 22.3. The van der Waals surface area contributed by atoms with Gasteiger partial charge in [0.25, 0.3) is 10.1 Å². The summed E-state index contributed by atoms with van der Waals surface area (Å²) in [5.41, 5.74) is 8.70. The molecular formula is C48H65ClN2O12S2. The van der Waals surface area contributed by atoms with Crippen LogP contribution in [0.25, 0.3) is 0 Å². The van der Waals surface area contributed by atoms with E-state index in [1.54, 1.807) is 6.07 Å². The zero-order valence-electron chi connectivity index (χ0n) is 38.7. The molecule has 0 saturated carbocycles. The maximum Gasteiger partial charge on any atom is 0.303 e. The molecule has 0 radical (unpaired) electrons. The van der Waals surface area contributed by atoms with Gasteiger partial charge in [0.2, 0.25) is 5.69 Å². The Balaban J connectivity index is 1.32. The van der Waals surface area contributed by atoms with E-state index in [2.05, 4.69) is 70.8 Å². The average Bonchev–Trinajstić information content (AvgIpc) is 3.60. The number of aliphatic carboxylic acids is 1. The number of hydrogen-bond donors (Lipinski definition) is 2. The first-order chi connectivity index (χ1) is 30.9. The molecule has 2 aromatic rings. The van der Waals surface area contributed by atoms with Gasteiger partial charge in [0.05, 0.1) is 67.7 Å². The van der Waals surface area contributed by atoms with Crippen LogP contribution < -0.4 is 10.2 Å². The third-order valence-electron chi connectivity index (χ3n) is 12.1. The molecule has 2 N–H and O–H groups in total. The van der Waals surface area contributed by atoms with Crippen LogP contribution in [-0.4, -0.2) is 93.9 Å². The summed E-state index contributed by atoms with van der Waals surface area (Å²) in [6, 6.07) is 7.10. The normalized spacial score (nSPS) is 18.2. The molecule has 2 aromatic carbocycles. The monoisotopic (exact) mass is 960 g/mol. The standard InChI is InChI=1S/C48H65ClN2O12S2/c1-8-9-20-50-41(47(4,5)39-30-37(64-63-62-54)28-33(2)45(39)50)18-16-35-13-12-14-36(44(35)49)17-19-42-48(6,7)40-31-38(65(55,56)57)29-34(3)46(40)51(42)32-61-27-26-60-25-24-59-23-22-58-21-11-10-15-43(52)53/h16-19,28-31H,8-15,20-27,32H2,1-7H3,(H2-,52,53,54,55,56,57). The number of halogens is 1. The Morgan fingerprint density at radius 3 is 2.20 bits per heavy atom. The van der Waals surface area contributed by atoms with Gasteiger partial charge in [-0.1, -0.05) is 50.9 Å². The zero-order chi connectivity index (χ0) is 47.4. The molecule has 5 rings (SSSR count). The fourth-order valence-corrected chi connectivity index (χ4v) is 10.2. The third-order valence-corrected chi connectivity index (χ3v) is 14.0. The topological polar surface area (TPSA) is 176 Å². The smallest absolute Gasteiger partial charge is 0.303 e. The van der Waals surface area contributed by atoms with E-state index in [-0.39, 0.29) is 23.5 Å². The molecular weight excluding hydrogens is 896 g/mol. The van der Waals surface area contributed by atoms with E-state index in [1.807, 2.05) is 32.9 Å². The molecule has 2 aliphatic heterocycles. The number of aryl methyl sites for hydroxylation is 2. The highest BCUT2D eigenvalue weighted by Gasteiger charge is 2.46. The summed E-state index contributed by atoms with van der Waals surface area (Å²) in [4.78, 5) is 13.3. The summed E-state index contributed by atoms with van der Waals surface area (Å²) in [5.74, 6) is -0.803. The lowest BCUT2D eigenvalue weighted by Gasteiger charge is -2.27. The Morgan fingerprint density at radius 2 is 1.55 bits per heavy atom. The van der Waals surface area contributed by atoms with Crippen LogP contribution >= 0.6 is 23.6 Å². The number of ether oxygens (including phenoxy) is 4. The predicted octanol–water partition coefficient (Wildman–Crippen LogP) is 9.08. The maximum atomic E-state index is 12.4. The van der Waals surface area contributed by atoms with E-state index in [0.29, 0.717) is 69.7 Å². The minimum atomic E-state index is -4.46. The lowest BCUT2D eigenvalue weighted by molar-refractivity contribution is -0.777. The largest absolute Gasteiger partial charge is 0.691 e. The molecule has 0 saturated heterocycles. The van der Waals surface area contributed by atoms with Crippen molar-refractivity contribution in [3.8, 4) is 0 Å². The fraction of sp³-hybridized carbons (Fsp3) is 0.542. The zero-order valence-corrected chi connectivity index (χ0v) is 41.1. The molecule has 1 aliphatic carbocycles. The number of benzene rings is 2. The van der Waals surface area contributed by atoms with Gasteiger partial charge in [-0.3, -0.25) is 14.4 Å². The minimum absolute atomic E-state index is 0.142. The molecule has 3 aliphatic rings. The Bertz CT molecular complexity index is 2280. The summed E-state index contributed by atoms with van der Waals surface area (Å²) in [7, 11) is -4.46. The van der Waals surface area contributed by atoms with E-state index >= 15 is 0 Å². The minimum Gasteiger partial charge on any atom is -0.691 e. The summed E-state index contributed by atoms with van der Waals surface area (Å²) >= 11 is 8.17. The molecule has 65 heavy (non-hydrogen) atoms. The number of allylic oxidation sites excluding steroid dienone is 8. The number of carbonyl (C=O) groups is 1. The molecule has 0 amide bonds. The van der Waals surface area contributed by atoms with Crippen LogP contribution in [0.1, 0.15) is 108 Å². The van der Waals surface area contributed by atoms with Crippen molar-refractivity contribution in [2.75, 3.05) is 64.4 Å². The van der Waals surface area contributed by atoms with Crippen LogP contribution in [0.4, 0.5) is 11.4 Å². The van der Waals surface area contributed by atoms with Crippen molar-refractivity contribution in [1.82, 2.24) is 0 Å². The van der Waals surface area contributed by atoms with Crippen molar-refractivity contribution in [3.05, 3.63) is 92.7 Å². The van der Waals surface area contributed by atoms with Gasteiger partial charge < -0.3 is 34.2 Å². The van der Waals surface area contributed by atoms with E-state index in [0.717, 1.165) is 101 Å². The second-order valence-electron chi connectivity index (χ2n) is 17.5. The molecule has 0 fully saturated rings. The van der Waals surface area contributed by atoms with Gasteiger partial charge in [0.1, 0.15) is 13.3 Å². The Morgan fingerprint density at radius 1 is 0.877 bits per heavy atom. The van der Waals surface area contributed by atoms with Gasteiger partial charge >= 0.3 is 5.97 Å². The molecule has 0 bridgehead atoms. The number of carboxylic acids is 1.